The van der Waals surface area contributed by atoms with Crippen molar-refractivity contribution in [1.82, 2.24) is 9.80 Å². The second kappa shape index (κ2) is 7.36. The molecule has 2 saturated heterocycles. The topological polar surface area (TPSA) is 35.9 Å². The van der Waals surface area contributed by atoms with Gasteiger partial charge in [-0.15, -0.1) is 0 Å². The Labute approximate surface area is 127 Å². The average molecular weight is 290 g/mol. The van der Waals surface area contributed by atoms with Crippen molar-refractivity contribution in [3.8, 4) is 0 Å². The Hall–Kier alpha value is -0.940. The minimum atomic E-state index is -0.271. The van der Waals surface area contributed by atoms with Crippen molar-refractivity contribution < 1.29 is 9.84 Å². The minimum Gasteiger partial charge on any atom is -0.390 e. The van der Waals surface area contributed by atoms with Crippen LogP contribution < -0.4 is 0 Å². The number of benzene rings is 1. The highest BCUT2D eigenvalue weighted by molar-refractivity contribution is 5.20. The van der Waals surface area contributed by atoms with Crippen LogP contribution in [0.4, 0.5) is 0 Å². The van der Waals surface area contributed by atoms with E-state index >= 15 is 0 Å². The summed E-state index contributed by atoms with van der Waals surface area (Å²) in [5, 5.41) is 10.4. The zero-order valence-corrected chi connectivity index (χ0v) is 12.7. The van der Waals surface area contributed by atoms with Gasteiger partial charge in [-0.1, -0.05) is 30.3 Å². The summed E-state index contributed by atoms with van der Waals surface area (Å²) in [6.45, 7) is 6.11. The normalized spacial score (nSPS) is 26.0. The van der Waals surface area contributed by atoms with E-state index in [9.17, 15) is 5.11 Å². The first-order valence-electron chi connectivity index (χ1n) is 8.10. The third-order valence-electron chi connectivity index (χ3n) is 4.57. The number of likely N-dealkylation sites (tertiary alicyclic amines) is 1. The molecule has 0 radical (unpaired) electrons. The predicted molar refractivity (Wildman–Crippen MR) is 83.3 cm³/mol. The summed E-state index contributed by atoms with van der Waals surface area (Å²) in [6, 6.07) is 11.2. The highest BCUT2D eigenvalue weighted by atomic mass is 16.5. The first-order valence-corrected chi connectivity index (χ1v) is 8.10. The Morgan fingerprint density at radius 1 is 1.10 bits per heavy atom. The van der Waals surface area contributed by atoms with Gasteiger partial charge >= 0.3 is 0 Å². The Morgan fingerprint density at radius 3 is 2.62 bits per heavy atom. The van der Waals surface area contributed by atoms with Gasteiger partial charge in [-0.2, -0.15) is 0 Å². The maximum absolute atomic E-state index is 10.4. The van der Waals surface area contributed by atoms with Gasteiger partial charge in [0, 0.05) is 32.2 Å². The Morgan fingerprint density at radius 2 is 1.86 bits per heavy atom. The lowest BCUT2D eigenvalue weighted by Gasteiger charge is -2.32. The molecule has 3 rings (SSSR count). The van der Waals surface area contributed by atoms with E-state index in [1.54, 1.807) is 0 Å². The van der Waals surface area contributed by atoms with Crippen LogP contribution in [0.2, 0.25) is 0 Å². The molecular formula is C17H26N2O2. The lowest BCUT2D eigenvalue weighted by molar-refractivity contribution is 0.00585. The molecule has 0 aromatic heterocycles. The van der Waals surface area contributed by atoms with Gasteiger partial charge in [0.05, 0.1) is 19.3 Å². The molecule has 4 nitrogen and oxygen atoms in total. The van der Waals surface area contributed by atoms with Crippen LogP contribution in [0.15, 0.2) is 30.3 Å². The molecule has 2 atom stereocenters. The third-order valence-corrected chi connectivity index (χ3v) is 4.57. The monoisotopic (exact) mass is 290 g/mol. The number of aliphatic hydroxyl groups excluding tert-OH is 1. The van der Waals surface area contributed by atoms with Crippen LogP contribution in [0, 0.1) is 0 Å². The fourth-order valence-electron chi connectivity index (χ4n) is 3.51. The zero-order chi connectivity index (χ0) is 14.5. The van der Waals surface area contributed by atoms with E-state index in [0.717, 1.165) is 45.9 Å². The summed E-state index contributed by atoms with van der Waals surface area (Å²) in [5.41, 5.74) is 1.38. The molecule has 1 aromatic carbocycles. The fraction of sp³-hybridized carbons (Fsp3) is 0.647. The van der Waals surface area contributed by atoms with E-state index in [-0.39, 0.29) is 6.10 Å². The van der Waals surface area contributed by atoms with Crippen LogP contribution in [-0.4, -0.2) is 66.9 Å². The number of ether oxygens (including phenoxy) is 1. The van der Waals surface area contributed by atoms with Crippen molar-refractivity contribution in [3.05, 3.63) is 35.9 Å². The number of hydrogen-bond donors (Lipinski definition) is 1. The molecule has 1 aromatic rings. The predicted octanol–water partition coefficient (Wildman–Crippen LogP) is 1.52. The van der Waals surface area contributed by atoms with Crippen LogP contribution in [0.25, 0.3) is 0 Å². The first-order chi connectivity index (χ1) is 10.3. The minimum absolute atomic E-state index is 0.271. The lowest BCUT2D eigenvalue weighted by Crippen LogP contribution is -2.44. The molecule has 2 fully saturated rings. The van der Waals surface area contributed by atoms with Gasteiger partial charge in [0.2, 0.25) is 0 Å². The number of hydrogen-bond acceptors (Lipinski definition) is 4. The van der Waals surface area contributed by atoms with Gasteiger partial charge in [-0.05, 0) is 24.9 Å². The SMILES string of the molecule is O[C@@H](CN1CCOCC1)CN1CCC[C@@H]1c1ccccc1. The number of morpholine rings is 1. The maximum Gasteiger partial charge on any atom is 0.0794 e. The highest BCUT2D eigenvalue weighted by Crippen LogP contribution is 2.31. The molecule has 2 aliphatic rings. The molecule has 0 bridgehead atoms. The van der Waals surface area contributed by atoms with Crippen LogP contribution in [0.1, 0.15) is 24.4 Å². The smallest absolute Gasteiger partial charge is 0.0794 e. The largest absolute Gasteiger partial charge is 0.390 e. The highest BCUT2D eigenvalue weighted by Gasteiger charge is 2.28. The maximum atomic E-state index is 10.4. The van der Waals surface area contributed by atoms with Crippen molar-refractivity contribution in [2.45, 2.75) is 25.0 Å². The molecule has 0 saturated carbocycles. The zero-order valence-electron chi connectivity index (χ0n) is 12.7. The molecule has 4 heteroatoms. The van der Waals surface area contributed by atoms with E-state index in [1.807, 2.05) is 0 Å². The number of β-amino-alcohol motifs (C(OH)–C–C–N with tert-alkyl or cyclic N) is 1. The van der Waals surface area contributed by atoms with Crippen LogP contribution >= 0.6 is 0 Å². The van der Waals surface area contributed by atoms with Gasteiger partial charge in [-0.25, -0.2) is 0 Å². The molecule has 2 heterocycles. The van der Waals surface area contributed by atoms with Crippen molar-refractivity contribution in [1.29, 1.82) is 0 Å². The van der Waals surface area contributed by atoms with E-state index in [1.165, 1.54) is 18.4 Å². The second-order valence-electron chi connectivity index (χ2n) is 6.13. The third kappa shape index (κ3) is 4.04. The number of rotatable bonds is 5. The Balaban J connectivity index is 1.53. The lowest BCUT2D eigenvalue weighted by atomic mass is 10.0. The Bertz CT molecular complexity index is 420. The molecule has 2 aliphatic heterocycles. The van der Waals surface area contributed by atoms with Crippen molar-refractivity contribution in [2.24, 2.45) is 0 Å². The second-order valence-corrected chi connectivity index (χ2v) is 6.13. The molecule has 0 amide bonds. The fourth-order valence-corrected chi connectivity index (χ4v) is 3.51. The van der Waals surface area contributed by atoms with Gasteiger partial charge in [0.1, 0.15) is 0 Å². The van der Waals surface area contributed by atoms with Crippen molar-refractivity contribution in [3.63, 3.8) is 0 Å². The van der Waals surface area contributed by atoms with Crippen molar-refractivity contribution >= 4 is 0 Å². The van der Waals surface area contributed by atoms with Crippen LogP contribution in [0.3, 0.4) is 0 Å². The summed E-state index contributed by atoms with van der Waals surface area (Å²) in [5.74, 6) is 0. The summed E-state index contributed by atoms with van der Waals surface area (Å²) in [6.07, 6.45) is 2.16. The van der Waals surface area contributed by atoms with Crippen molar-refractivity contribution in [2.75, 3.05) is 45.9 Å². The molecule has 116 valence electrons. The first kappa shape index (κ1) is 15.0. The van der Waals surface area contributed by atoms with Crippen LogP contribution in [0.5, 0.6) is 0 Å². The van der Waals surface area contributed by atoms with Gasteiger partial charge in [0.15, 0.2) is 0 Å². The van der Waals surface area contributed by atoms with E-state index in [0.29, 0.717) is 6.04 Å². The number of nitrogens with zero attached hydrogens (tertiary/aromatic N) is 2. The van der Waals surface area contributed by atoms with E-state index in [2.05, 4.69) is 40.1 Å². The Kier molecular flexibility index (Phi) is 5.25. The molecule has 0 unspecified atom stereocenters. The quantitative estimate of drug-likeness (QED) is 0.892. The van der Waals surface area contributed by atoms with E-state index < -0.39 is 0 Å². The van der Waals surface area contributed by atoms with Crippen LogP contribution in [-0.2, 0) is 4.74 Å². The summed E-state index contributed by atoms with van der Waals surface area (Å²) in [4.78, 5) is 4.75. The molecule has 0 aliphatic carbocycles. The summed E-state index contributed by atoms with van der Waals surface area (Å²) in [7, 11) is 0. The summed E-state index contributed by atoms with van der Waals surface area (Å²) >= 11 is 0. The molecule has 21 heavy (non-hydrogen) atoms. The average Bonchev–Trinajstić information content (AvgIpc) is 2.97. The molecule has 1 N–H and O–H groups in total. The van der Waals surface area contributed by atoms with E-state index in [4.69, 9.17) is 4.74 Å². The van der Waals surface area contributed by atoms with Gasteiger partial charge in [0.25, 0.3) is 0 Å². The van der Waals surface area contributed by atoms with Gasteiger partial charge < -0.3 is 9.84 Å². The standard InChI is InChI=1S/C17H26N2O2/c20-16(13-18-9-11-21-12-10-18)14-19-8-4-7-17(19)15-5-2-1-3-6-15/h1-3,5-6,16-17,20H,4,7-14H2/t16-,17+/m0/s1. The molecular weight excluding hydrogens is 264 g/mol. The van der Waals surface area contributed by atoms with Gasteiger partial charge in [-0.3, -0.25) is 9.80 Å². The number of aliphatic hydroxyl groups is 1. The summed E-state index contributed by atoms with van der Waals surface area (Å²) < 4.78 is 5.36. The molecule has 0 spiro atoms.